The van der Waals surface area contributed by atoms with Gasteiger partial charge in [-0.15, -0.1) is 0 Å². The van der Waals surface area contributed by atoms with Crippen molar-refractivity contribution in [3.63, 3.8) is 0 Å². The van der Waals surface area contributed by atoms with Crippen molar-refractivity contribution in [2.75, 3.05) is 5.73 Å². The Kier molecular flexibility index (Phi) is 4.06. The molecule has 2 rings (SSSR count). The second-order valence-electron chi connectivity index (χ2n) is 3.86. The quantitative estimate of drug-likeness (QED) is 0.791. The summed E-state index contributed by atoms with van der Waals surface area (Å²) >= 11 is 3.01. The number of rotatable bonds is 4. The number of nitrogens with one attached hydrogen (secondary N) is 1. The summed E-state index contributed by atoms with van der Waals surface area (Å²) in [6.07, 6.45) is 0. The van der Waals surface area contributed by atoms with Crippen LogP contribution in [-0.2, 0) is 16.6 Å². The van der Waals surface area contributed by atoms with Crippen LogP contribution in [0.4, 0.5) is 10.1 Å². The highest BCUT2D eigenvalue weighted by Crippen LogP contribution is 2.25. The number of nitrogen functional groups attached to an aromatic ring is 1. The van der Waals surface area contributed by atoms with E-state index in [-0.39, 0.29) is 22.5 Å². The van der Waals surface area contributed by atoms with E-state index in [1.54, 1.807) is 6.92 Å². The van der Waals surface area contributed by atoms with Crippen LogP contribution in [0.25, 0.3) is 0 Å². The standard InChI is InChI=1S/C10H10BrFN4O3S/c1-5-15-10(16-19-5)4-14-20(17,18)9-3-8(13)6(11)2-7(9)12/h2-3,14H,4,13H2,1H3. The van der Waals surface area contributed by atoms with Crippen molar-refractivity contribution in [2.24, 2.45) is 0 Å². The van der Waals surface area contributed by atoms with E-state index in [1.807, 2.05) is 0 Å². The fourth-order valence-corrected chi connectivity index (χ4v) is 2.79. The van der Waals surface area contributed by atoms with Gasteiger partial charge in [0.05, 0.1) is 6.54 Å². The number of hydrogen-bond donors (Lipinski definition) is 2. The molecule has 2 aromatic rings. The first-order valence-corrected chi connectivity index (χ1v) is 7.60. The van der Waals surface area contributed by atoms with Crippen molar-refractivity contribution in [2.45, 2.75) is 18.4 Å². The van der Waals surface area contributed by atoms with Gasteiger partial charge in [-0.3, -0.25) is 0 Å². The highest BCUT2D eigenvalue weighted by atomic mass is 79.9. The van der Waals surface area contributed by atoms with Gasteiger partial charge < -0.3 is 10.3 Å². The molecule has 0 spiro atoms. The number of sulfonamides is 1. The Morgan fingerprint density at radius 1 is 1.50 bits per heavy atom. The first kappa shape index (κ1) is 14.9. The molecule has 0 aliphatic rings. The fourth-order valence-electron chi connectivity index (χ4n) is 1.40. The molecule has 0 unspecified atom stereocenters. The molecule has 20 heavy (non-hydrogen) atoms. The monoisotopic (exact) mass is 364 g/mol. The zero-order chi connectivity index (χ0) is 14.9. The topological polar surface area (TPSA) is 111 Å². The lowest BCUT2D eigenvalue weighted by Crippen LogP contribution is -2.25. The summed E-state index contributed by atoms with van der Waals surface area (Å²) in [6, 6.07) is 2.02. The van der Waals surface area contributed by atoms with E-state index in [4.69, 9.17) is 10.3 Å². The van der Waals surface area contributed by atoms with E-state index in [9.17, 15) is 12.8 Å². The molecule has 0 amide bonds. The summed E-state index contributed by atoms with van der Waals surface area (Å²) < 4.78 is 44.8. The number of nitrogens with two attached hydrogens (primary N) is 1. The third-order valence-corrected chi connectivity index (χ3v) is 4.43. The van der Waals surface area contributed by atoms with Gasteiger partial charge in [0, 0.05) is 17.1 Å². The zero-order valence-corrected chi connectivity index (χ0v) is 12.6. The molecule has 1 aromatic carbocycles. The van der Waals surface area contributed by atoms with Crippen LogP contribution in [0.1, 0.15) is 11.7 Å². The number of hydrogen-bond acceptors (Lipinski definition) is 6. The lowest BCUT2D eigenvalue weighted by molar-refractivity contribution is 0.387. The second kappa shape index (κ2) is 5.46. The average molecular weight is 365 g/mol. The molecule has 3 N–H and O–H groups in total. The minimum Gasteiger partial charge on any atom is -0.398 e. The summed E-state index contributed by atoms with van der Waals surface area (Å²) in [5.41, 5.74) is 5.66. The molecule has 1 aromatic heterocycles. The van der Waals surface area contributed by atoms with Crippen LogP contribution >= 0.6 is 15.9 Å². The molecule has 0 saturated carbocycles. The maximum Gasteiger partial charge on any atom is 0.243 e. The minimum absolute atomic E-state index is 0.113. The smallest absolute Gasteiger partial charge is 0.243 e. The van der Waals surface area contributed by atoms with E-state index < -0.39 is 20.7 Å². The fraction of sp³-hybridized carbons (Fsp3) is 0.200. The molecule has 108 valence electrons. The molecule has 7 nitrogen and oxygen atoms in total. The summed E-state index contributed by atoms with van der Waals surface area (Å²) in [5.74, 6) is -0.460. The van der Waals surface area contributed by atoms with E-state index in [1.165, 1.54) is 0 Å². The van der Waals surface area contributed by atoms with E-state index in [0.717, 1.165) is 12.1 Å². The van der Waals surface area contributed by atoms with Gasteiger partial charge in [-0.25, -0.2) is 17.5 Å². The van der Waals surface area contributed by atoms with Crippen LogP contribution in [0.5, 0.6) is 0 Å². The number of nitrogens with zero attached hydrogens (tertiary/aromatic N) is 2. The van der Waals surface area contributed by atoms with E-state index in [2.05, 4.69) is 30.8 Å². The molecule has 0 saturated heterocycles. The van der Waals surface area contributed by atoms with Crippen LogP contribution in [-0.4, -0.2) is 18.6 Å². The number of anilines is 1. The van der Waals surface area contributed by atoms with Gasteiger partial charge in [-0.1, -0.05) is 5.16 Å². The molecule has 0 fully saturated rings. The van der Waals surface area contributed by atoms with E-state index >= 15 is 0 Å². The minimum atomic E-state index is -4.07. The Morgan fingerprint density at radius 2 is 2.20 bits per heavy atom. The van der Waals surface area contributed by atoms with Crippen LogP contribution in [0.15, 0.2) is 26.0 Å². The third-order valence-electron chi connectivity index (χ3n) is 2.33. The molecule has 0 aliphatic carbocycles. The molecule has 0 bridgehead atoms. The Bertz CT molecular complexity index is 747. The SMILES string of the molecule is Cc1nc(CNS(=O)(=O)c2cc(N)c(Br)cc2F)no1. The summed E-state index contributed by atoms with van der Waals surface area (Å²) in [7, 11) is -4.07. The van der Waals surface area contributed by atoms with Crippen LogP contribution in [0.2, 0.25) is 0 Å². The second-order valence-corrected chi connectivity index (χ2v) is 6.45. The number of aromatic nitrogens is 2. The van der Waals surface area contributed by atoms with E-state index in [0.29, 0.717) is 5.89 Å². The molecule has 0 radical (unpaired) electrons. The number of benzene rings is 1. The van der Waals surface area contributed by atoms with Gasteiger partial charge in [0.15, 0.2) is 5.82 Å². The molecular formula is C10H10BrFN4O3S. The lowest BCUT2D eigenvalue weighted by Gasteiger charge is -2.08. The first-order chi connectivity index (χ1) is 9.29. The Balaban J connectivity index is 2.24. The highest BCUT2D eigenvalue weighted by molar-refractivity contribution is 9.10. The van der Waals surface area contributed by atoms with Crippen molar-refractivity contribution >= 4 is 31.6 Å². The largest absolute Gasteiger partial charge is 0.398 e. The Hall–Kier alpha value is -1.52. The van der Waals surface area contributed by atoms with Gasteiger partial charge in [-0.2, -0.15) is 4.98 Å². The Morgan fingerprint density at radius 3 is 2.80 bits per heavy atom. The maximum absolute atomic E-state index is 13.7. The average Bonchev–Trinajstić information content (AvgIpc) is 2.77. The van der Waals surface area contributed by atoms with Crippen molar-refractivity contribution in [3.8, 4) is 0 Å². The van der Waals surface area contributed by atoms with Gasteiger partial charge in [0.25, 0.3) is 0 Å². The maximum atomic E-state index is 13.7. The van der Waals surface area contributed by atoms with Crippen molar-refractivity contribution < 1.29 is 17.3 Å². The molecular weight excluding hydrogens is 355 g/mol. The van der Waals surface area contributed by atoms with Gasteiger partial charge in [0.1, 0.15) is 10.7 Å². The summed E-state index contributed by atoms with van der Waals surface area (Å²) in [4.78, 5) is 3.29. The summed E-state index contributed by atoms with van der Waals surface area (Å²) in [6.45, 7) is 1.36. The van der Waals surface area contributed by atoms with Crippen molar-refractivity contribution in [3.05, 3.63) is 34.1 Å². The molecule has 0 atom stereocenters. The molecule has 0 aliphatic heterocycles. The normalized spacial score (nSPS) is 11.8. The van der Waals surface area contributed by atoms with Gasteiger partial charge in [0.2, 0.25) is 15.9 Å². The molecule has 10 heteroatoms. The van der Waals surface area contributed by atoms with Gasteiger partial charge in [-0.05, 0) is 28.1 Å². The summed E-state index contributed by atoms with van der Waals surface area (Å²) in [5, 5.41) is 3.53. The van der Waals surface area contributed by atoms with Crippen LogP contribution in [0, 0.1) is 12.7 Å². The van der Waals surface area contributed by atoms with Crippen molar-refractivity contribution in [1.82, 2.24) is 14.9 Å². The predicted octanol–water partition coefficient (Wildman–Crippen LogP) is 1.34. The number of halogens is 2. The van der Waals surface area contributed by atoms with Crippen LogP contribution < -0.4 is 10.5 Å². The van der Waals surface area contributed by atoms with Gasteiger partial charge >= 0.3 is 0 Å². The highest BCUT2D eigenvalue weighted by Gasteiger charge is 2.21. The first-order valence-electron chi connectivity index (χ1n) is 5.33. The Labute approximate surface area is 122 Å². The predicted molar refractivity (Wildman–Crippen MR) is 71.6 cm³/mol. The molecule has 1 heterocycles. The lowest BCUT2D eigenvalue weighted by atomic mass is 10.3. The number of aryl methyl sites for hydroxylation is 1. The third kappa shape index (κ3) is 3.14. The zero-order valence-electron chi connectivity index (χ0n) is 10.2. The van der Waals surface area contributed by atoms with Crippen molar-refractivity contribution in [1.29, 1.82) is 0 Å². The van der Waals surface area contributed by atoms with Crippen LogP contribution in [0.3, 0.4) is 0 Å².